The molecule has 0 aliphatic carbocycles. The fourth-order valence-corrected chi connectivity index (χ4v) is 2.68. The normalized spacial score (nSPS) is 18.9. The van der Waals surface area contributed by atoms with Gasteiger partial charge in [-0.15, -0.1) is 0 Å². The molecule has 22 heavy (non-hydrogen) atoms. The molecule has 1 aliphatic heterocycles. The molecule has 5 nitrogen and oxygen atoms in total. The van der Waals surface area contributed by atoms with Gasteiger partial charge in [-0.1, -0.05) is 20.8 Å². The topological polar surface area (TPSA) is 62.3 Å². The van der Waals surface area contributed by atoms with Crippen LogP contribution < -0.4 is 5.32 Å². The minimum absolute atomic E-state index is 0.0514. The fraction of sp³-hybridized carbons (Fsp3) is 0.588. The van der Waals surface area contributed by atoms with Crippen molar-refractivity contribution in [3.63, 3.8) is 0 Å². The number of pyridine rings is 1. The lowest BCUT2D eigenvalue weighted by Crippen LogP contribution is -2.47. The van der Waals surface area contributed by atoms with Crippen molar-refractivity contribution in [2.24, 2.45) is 11.3 Å². The van der Waals surface area contributed by atoms with Crippen LogP contribution >= 0.6 is 0 Å². The summed E-state index contributed by atoms with van der Waals surface area (Å²) in [7, 11) is 0. The van der Waals surface area contributed by atoms with Crippen molar-refractivity contribution < 1.29 is 9.59 Å². The Bertz CT molecular complexity index is 563. The summed E-state index contributed by atoms with van der Waals surface area (Å²) >= 11 is 0. The van der Waals surface area contributed by atoms with Crippen LogP contribution in [0.5, 0.6) is 0 Å². The summed E-state index contributed by atoms with van der Waals surface area (Å²) in [6, 6.07) is 3.73. The quantitative estimate of drug-likeness (QED) is 0.913. The van der Waals surface area contributed by atoms with Crippen LogP contribution in [0.25, 0.3) is 0 Å². The molecule has 120 valence electrons. The van der Waals surface area contributed by atoms with E-state index in [2.05, 4.69) is 10.3 Å². The molecule has 1 aliphatic rings. The summed E-state index contributed by atoms with van der Waals surface area (Å²) in [6.45, 7) is 8.93. The minimum atomic E-state index is -0.406. The van der Waals surface area contributed by atoms with E-state index in [4.69, 9.17) is 0 Å². The number of nitrogens with zero attached hydrogens (tertiary/aromatic N) is 2. The number of nitrogens with one attached hydrogen (secondary N) is 1. The van der Waals surface area contributed by atoms with Gasteiger partial charge in [-0.05, 0) is 37.5 Å². The highest BCUT2D eigenvalue weighted by atomic mass is 16.2. The van der Waals surface area contributed by atoms with E-state index in [9.17, 15) is 9.59 Å². The molecule has 5 heteroatoms. The maximum atomic E-state index is 12.4. The van der Waals surface area contributed by atoms with Crippen LogP contribution in [0.3, 0.4) is 0 Å². The highest BCUT2D eigenvalue weighted by Gasteiger charge is 2.33. The van der Waals surface area contributed by atoms with E-state index in [1.807, 2.05) is 44.7 Å². The zero-order valence-corrected chi connectivity index (χ0v) is 13.8. The average Bonchev–Trinajstić information content (AvgIpc) is 2.45. The summed E-state index contributed by atoms with van der Waals surface area (Å²) in [4.78, 5) is 30.8. The predicted octanol–water partition coefficient (Wildman–Crippen LogP) is 2.61. The molecule has 0 aromatic carbocycles. The van der Waals surface area contributed by atoms with Crippen molar-refractivity contribution in [2.45, 2.75) is 40.5 Å². The lowest BCUT2D eigenvalue weighted by atomic mass is 9.91. The van der Waals surface area contributed by atoms with Crippen molar-refractivity contribution in [3.8, 4) is 0 Å². The summed E-state index contributed by atoms with van der Waals surface area (Å²) < 4.78 is 0. The second-order valence-electron chi connectivity index (χ2n) is 7.05. The van der Waals surface area contributed by atoms with E-state index >= 15 is 0 Å². The average molecular weight is 303 g/mol. The van der Waals surface area contributed by atoms with Crippen molar-refractivity contribution >= 4 is 17.6 Å². The number of hydrogen-bond donors (Lipinski definition) is 1. The van der Waals surface area contributed by atoms with Gasteiger partial charge in [0.1, 0.15) is 5.82 Å². The Morgan fingerprint density at radius 1 is 1.36 bits per heavy atom. The van der Waals surface area contributed by atoms with Crippen LogP contribution in [-0.2, 0) is 9.59 Å². The highest BCUT2D eigenvalue weighted by Crippen LogP contribution is 2.24. The summed E-state index contributed by atoms with van der Waals surface area (Å²) in [5, 5.41) is 2.86. The first kappa shape index (κ1) is 16.5. The standard InChI is InChI=1S/C17H25N3O2/c1-12-7-8-18-14(10-12)19-15(21)13-6-5-9-20(11-13)16(22)17(2,3)4/h7-8,10,13H,5-6,9,11H2,1-4H3,(H,18,19,21)/t13-/m1/s1. The van der Waals surface area contributed by atoms with E-state index in [1.165, 1.54) is 0 Å². The molecular weight excluding hydrogens is 278 g/mol. The van der Waals surface area contributed by atoms with Crippen LogP contribution in [0, 0.1) is 18.3 Å². The zero-order chi connectivity index (χ0) is 16.3. The Morgan fingerprint density at radius 2 is 2.09 bits per heavy atom. The van der Waals surface area contributed by atoms with Crippen molar-refractivity contribution in [1.29, 1.82) is 0 Å². The van der Waals surface area contributed by atoms with Gasteiger partial charge in [-0.25, -0.2) is 4.98 Å². The Labute approximate surface area is 132 Å². The van der Waals surface area contributed by atoms with Gasteiger partial charge in [0.25, 0.3) is 0 Å². The van der Waals surface area contributed by atoms with Crippen LogP contribution in [0.4, 0.5) is 5.82 Å². The second kappa shape index (κ2) is 6.46. The molecule has 2 heterocycles. The van der Waals surface area contributed by atoms with E-state index in [0.29, 0.717) is 12.4 Å². The highest BCUT2D eigenvalue weighted by molar-refractivity contribution is 5.92. The van der Waals surface area contributed by atoms with Crippen molar-refractivity contribution in [1.82, 2.24) is 9.88 Å². The summed E-state index contributed by atoms with van der Waals surface area (Å²) in [5.41, 5.74) is 0.648. The third-order valence-electron chi connectivity index (χ3n) is 3.89. The van der Waals surface area contributed by atoms with Crippen molar-refractivity contribution in [2.75, 3.05) is 18.4 Å². The molecule has 0 spiro atoms. The van der Waals surface area contributed by atoms with Gasteiger partial charge in [0.05, 0.1) is 5.92 Å². The first-order valence-electron chi connectivity index (χ1n) is 7.80. The molecule has 0 saturated carbocycles. The number of hydrogen-bond acceptors (Lipinski definition) is 3. The molecule has 0 unspecified atom stereocenters. The molecule has 1 atom stereocenters. The Hall–Kier alpha value is -1.91. The molecule has 1 saturated heterocycles. The molecule has 2 rings (SSSR count). The third-order valence-corrected chi connectivity index (χ3v) is 3.89. The minimum Gasteiger partial charge on any atom is -0.341 e. The SMILES string of the molecule is Cc1ccnc(NC(=O)[C@@H]2CCCN(C(=O)C(C)(C)C)C2)c1. The maximum Gasteiger partial charge on any atom is 0.230 e. The number of rotatable bonds is 2. The van der Waals surface area contributed by atoms with Gasteiger partial charge in [-0.3, -0.25) is 9.59 Å². The number of likely N-dealkylation sites (tertiary alicyclic amines) is 1. The third kappa shape index (κ3) is 4.06. The summed E-state index contributed by atoms with van der Waals surface area (Å²) in [6.07, 6.45) is 3.36. The van der Waals surface area contributed by atoms with Gasteiger partial charge in [0.2, 0.25) is 11.8 Å². The monoisotopic (exact) mass is 303 g/mol. The van der Waals surface area contributed by atoms with Crippen LogP contribution in [0.2, 0.25) is 0 Å². The van der Waals surface area contributed by atoms with E-state index in [-0.39, 0.29) is 17.7 Å². The number of aryl methyl sites for hydroxylation is 1. The Kier molecular flexibility index (Phi) is 4.84. The van der Waals surface area contributed by atoms with E-state index in [0.717, 1.165) is 24.9 Å². The molecule has 1 fully saturated rings. The van der Waals surface area contributed by atoms with E-state index in [1.54, 1.807) is 6.20 Å². The van der Waals surface area contributed by atoms with Gasteiger partial charge in [0, 0.05) is 24.7 Å². The van der Waals surface area contributed by atoms with Crippen LogP contribution in [0.1, 0.15) is 39.2 Å². The molecule has 1 aromatic rings. The molecule has 2 amide bonds. The van der Waals surface area contributed by atoms with Gasteiger partial charge >= 0.3 is 0 Å². The van der Waals surface area contributed by atoms with Crippen molar-refractivity contribution in [3.05, 3.63) is 23.9 Å². The number of carbonyl (C=O) groups excluding carboxylic acids is 2. The fourth-order valence-electron chi connectivity index (χ4n) is 2.68. The van der Waals surface area contributed by atoms with Crippen LogP contribution in [-0.4, -0.2) is 34.8 Å². The molecule has 0 radical (unpaired) electrons. The van der Waals surface area contributed by atoms with Crippen LogP contribution in [0.15, 0.2) is 18.3 Å². The lowest BCUT2D eigenvalue weighted by Gasteiger charge is -2.35. The number of aromatic nitrogens is 1. The molecule has 1 N–H and O–H groups in total. The maximum absolute atomic E-state index is 12.4. The Balaban J connectivity index is 2.00. The summed E-state index contributed by atoms with van der Waals surface area (Å²) in [5.74, 6) is 0.467. The second-order valence-corrected chi connectivity index (χ2v) is 7.05. The van der Waals surface area contributed by atoms with Gasteiger partial charge in [0.15, 0.2) is 0 Å². The lowest BCUT2D eigenvalue weighted by molar-refractivity contribution is -0.142. The predicted molar refractivity (Wildman–Crippen MR) is 86.4 cm³/mol. The molecule has 0 bridgehead atoms. The number of piperidine rings is 1. The first-order valence-corrected chi connectivity index (χ1v) is 7.80. The largest absolute Gasteiger partial charge is 0.341 e. The molecular formula is C17H25N3O2. The first-order chi connectivity index (χ1) is 10.3. The Morgan fingerprint density at radius 3 is 2.73 bits per heavy atom. The van der Waals surface area contributed by atoms with E-state index < -0.39 is 5.41 Å². The number of anilines is 1. The smallest absolute Gasteiger partial charge is 0.230 e. The van der Waals surface area contributed by atoms with Gasteiger partial charge < -0.3 is 10.2 Å². The number of amides is 2. The zero-order valence-electron chi connectivity index (χ0n) is 13.8. The molecule has 1 aromatic heterocycles. The van der Waals surface area contributed by atoms with Gasteiger partial charge in [-0.2, -0.15) is 0 Å². The number of carbonyl (C=O) groups is 2.